The van der Waals surface area contributed by atoms with E-state index in [-0.39, 0.29) is 5.91 Å². The first-order valence-electron chi connectivity index (χ1n) is 8.78. The first kappa shape index (κ1) is 21.0. The minimum Gasteiger partial charge on any atom is -0.467 e. The van der Waals surface area contributed by atoms with Gasteiger partial charge in [-0.2, -0.15) is 11.8 Å². The van der Waals surface area contributed by atoms with Gasteiger partial charge in [-0.25, -0.2) is 4.79 Å². The molecule has 0 aromatic heterocycles. The Hall–Kier alpha value is -2.31. The molecule has 2 aromatic carbocycles. The second-order valence-corrected chi connectivity index (χ2v) is 7.22. The average molecular weight is 387 g/mol. The van der Waals surface area contributed by atoms with Crippen molar-refractivity contribution in [3.05, 3.63) is 59.2 Å². The molecule has 27 heavy (non-hydrogen) atoms. The molecular formula is C21H26N2O3S. The zero-order chi connectivity index (χ0) is 19.8. The number of ether oxygens (including phenoxy) is 1. The predicted octanol–water partition coefficient (Wildman–Crippen LogP) is 3.15. The van der Waals surface area contributed by atoms with E-state index in [0.717, 1.165) is 28.0 Å². The maximum Gasteiger partial charge on any atom is 0.328 e. The van der Waals surface area contributed by atoms with Gasteiger partial charge in [0.25, 0.3) is 5.91 Å². The maximum atomic E-state index is 13.0. The Labute approximate surface area is 164 Å². The van der Waals surface area contributed by atoms with Gasteiger partial charge in [0.1, 0.15) is 6.04 Å². The Bertz CT molecular complexity index is 808. The number of nitrogens with two attached hydrogens (primary N) is 1. The summed E-state index contributed by atoms with van der Waals surface area (Å²) in [5.74, 6) is 0.0123. The van der Waals surface area contributed by atoms with Crippen LogP contribution in [-0.4, -0.2) is 37.0 Å². The summed E-state index contributed by atoms with van der Waals surface area (Å²) in [4.78, 5) is 25.0. The van der Waals surface area contributed by atoms with E-state index < -0.39 is 12.0 Å². The Morgan fingerprint density at radius 1 is 1.19 bits per heavy atom. The largest absolute Gasteiger partial charge is 0.467 e. The minimum atomic E-state index is -0.672. The van der Waals surface area contributed by atoms with Gasteiger partial charge in [-0.05, 0) is 59.7 Å². The van der Waals surface area contributed by atoms with Gasteiger partial charge in [0.05, 0.1) is 7.11 Å². The molecule has 6 heteroatoms. The van der Waals surface area contributed by atoms with Crippen LogP contribution < -0.4 is 11.1 Å². The number of carbonyl (C=O) groups excluding carboxylic acids is 2. The lowest BCUT2D eigenvalue weighted by molar-refractivity contribution is -0.142. The van der Waals surface area contributed by atoms with E-state index in [9.17, 15) is 9.59 Å². The van der Waals surface area contributed by atoms with Crippen molar-refractivity contribution >= 4 is 23.6 Å². The molecule has 5 nitrogen and oxygen atoms in total. The first-order chi connectivity index (χ1) is 13.0. The smallest absolute Gasteiger partial charge is 0.328 e. The van der Waals surface area contributed by atoms with Gasteiger partial charge in [-0.15, -0.1) is 0 Å². The van der Waals surface area contributed by atoms with E-state index in [1.54, 1.807) is 17.8 Å². The van der Waals surface area contributed by atoms with Crippen LogP contribution in [0.1, 0.15) is 27.9 Å². The molecule has 2 aromatic rings. The molecule has 2 rings (SSSR count). The van der Waals surface area contributed by atoms with Crippen LogP contribution in [0, 0.1) is 6.92 Å². The minimum absolute atomic E-state index is 0.298. The average Bonchev–Trinajstić information content (AvgIpc) is 2.70. The summed E-state index contributed by atoms with van der Waals surface area (Å²) in [6.07, 6.45) is 2.47. The summed E-state index contributed by atoms with van der Waals surface area (Å²) >= 11 is 1.61. The van der Waals surface area contributed by atoms with Crippen LogP contribution in [0.2, 0.25) is 0 Å². The maximum absolute atomic E-state index is 13.0. The van der Waals surface area contributed by atoms with Crippen molar-refractivity contribution in [1.29, 1.82) is 0 Å². The van der Waals surface area contributed by atoms with Gasteiger partial charge >= 0.3 is 5.97 Å². The number of rotatable bonds is 8. The summed E-state index contributed by atoms with van der Waals surface area (Å²) in [6, 6.07) is 12.7. The fourth-order valence-electron chi connectivity index (χ4n) is 2.88. The van der Waals surface area contributed by atoms with Crippen molar-refractivity contribution in [2.24, 2.45) is 5.73 Å². The number of amides is 1. The van der Waals surface area contributed by atoms with Gasteiger partial charge < -0.3 is 15.8 Å². The van der Waals surface area contributed by atoms with Crippen molar-refractivity contribution < 1.29 is 14.3 Å². The third-order valence-electron chi connectivity index (χ3n) is 4.40. The lowest BCUT2D eigenvalue weighted by Crippen LogP contribution is -2.42. The molecule has 0 spiro atoms. The van der Waals surface area contributed by atoms with Gasteiger partial charge in [-0.1, -0.05) is 30.3 Å². The van der Waals surface area contributed by atoms with Crippen LogP contribution in [0.15, 0.2) is 42.5 Å². The van der Waals surface area contributed by atoms with Crippen molar-refractivity contribution in [3.63, 3.8) is 0 Å². The van der Waals surface area contributed by atoms with Gasteiger partial charge in [0.2, 0.25) is 0 Å². The number of hydrogen-bond donors (Lipinski definition) is 2. The summed E-state index contributed by atoms with van der Waals surface area (Å²) < 4.78 is 4.84. The summed E-state index contributed by atoms with van der Waals surface area (Å²) in [7, 11) is 1.33. The Balaban J connectivity index is 2.40. The number of aryl methyl sites for hydroxylation is 1. The molecule has 0 heterocycles. The Morgan fingerprint density at radius 2 is 1.93 bits per heavy atom. The van der Waals surface area contributed by atoms with Gasteiger partial charge in [-0.3, -0.25) is 4.79 Å². The second-order valence-electron chi connectivity index (χ2n) is 6.23. The molecule has 1 atom stereocenters. The van der Waals surface area contributed by atoms with E-state index in [1.807, 2.05) is 49.6 Å². The summed E-state index contributed by atoms with van der Waals surface area (Å²) in [5.41, 5.74) is 10.1. The lowest BCUT2D eigenvalue weighted by atomic mass is 9.93. The number of hydrogen-bond acceptors (Lipinski definition) is 5. The Morgan fingerprint density at radius 3 is 2.56 bits per heavy atom. The highest BCUT2D eigenvalue weighted by molar-refractivity contribution is 7.98. The molecule has 0 aliphatic carbocycles. The molecule has 0 bridgehead atoms. The van der Waals surface area contributed by atoms with E-state index in [0.29, 0.717) is 18.5 Å². The molecule has 0 radical (unpaired) electrons. The van der Waals surface area contributed by atoms with Crippen LogP contribution >= 0.6 is 11.8 Å². The van der Waals surface area contributed by atoms with E-state index >= 15 is 0 Å². The van der Waals surface area contributed by atoms with Crippen molar-refractivity contribution in [2.45, 2.75) is 25.9 Å². The van der Waals surface area contributed by atoms with Crippen molar-refractivity contribution in [1.82, 2.24) is 5.32 Å². The number of nitrogens with one attached hydrogen (secondary N) is 1. The predicted molar refractivity (Wildman–Crippen MR) is 111 cm³/mol. The van der Waals surface area contributed by atoms with E-state index in [4.69, 9.17) is 10.5 Å². The number of methoxy groups -OCH3 is 1. The quantitative estimate of drug-likeness (QED) is 0.681. The van der Waals surface area contributed by atoms with Gasteiger partial charge in [0, 0.05) is 12.1 Å². The number of carbonyl (C=O) groups is 2. The molecule has 1 amide bonds. The molecule has 0 aliphatic rings. The van der Waals surface area contributed by atoms with Crippen molar-refractivity contribution in [3.8, 4) is 11.1 Å². The molecule has 0 saturated carbocycles. The number of thioether (sulfide) groups is 1. The molecule has 0 fully saturated rings. The fraction of sp³-hybridized carbons (Fsp3) is 0.333. The van der Waals surface area contributed by atoms with Crippen LogP contribution in [-0.2, 0) is 16.1 Å². The molecule has 144 valence electrons. The molecule has 0 saturated heterocycles. The zero-order valence-electron chi connectivity index (χ0n) is 16.0. The molecule has 0 unspecified atom stereocenters. The fourth-order valence-corrected chi connectivity index (χ4v) is 3.35. The highest BCUT2D eigenvalue weighted by Crippen LogP contribution is 2.28. The SMILES string of the molecule is COC(=O)[C@H](CCSC)NC(=O)c1ccc(CN)cc1-c1ccccc1C. The van der Waals surface area contributed by atoms with E-state index in [1.165, 1.54) is 7.11 Å². The first-order valence-corrected chi connectivity index (χ1v) is 10.2. The lowest BCUT2D eigenvalue weighted by Gasteiger charge is -2.18. The summed E-state index contributed by atoms with van der Waals surface area (Å²) in [5, 5.41) is 2.83. The van der Waals surface area contributed by atoms with Crippen molar-refractivity contribution in [2.75, 3.05) is 19.1 Å². The molecule has 3 N–H and O–H groups in total. The van der Waals surface area contributed by atoms with Crippen LogP contribution in [0.25, 0.3) is 11.1 Å². The van der Waals surface area contributed by atoms with E-state index in [2.05, 4.69) is 5.32 Å². The third-order valence-corrected chi connectivity index (χ3v) is 5.05. The Kier molecular flexibility index (Phi) is 7.88. The highest BCUT2D eigenvalue weighted by atomic mass is 32.2. The standard InChI is InChI=1S/C21H26N2O3S/c1-14-6-4-5-7-16(14)18-12-15(13-22)8-9-17(18)20(24)23-19(10-11-27-3)21(25)26-2/h4-9,12,19H,10-11,13,22H2,1-3H3,(H,23,24)/t19-/m0/s1. The van der Waals surface area contributed by atoms with Crippen LogP contribution in [0.5, 0.6) is 0 Å². The van der Waals surface area contributed by atoms with Crippen LogP contribution in [0.3, 0.4) is 0 Å². The third kappa shape index (κ3) is 5.34. The summed E-state index contributed by atoms with van der Waals surface area (Å²) in [6.45, 7) is 2.39. The molecular weight excluding hydrogens is 360 g/mol. The van der Waals surface area contributed by atoms with Gasteiger partial charge in [0.15, 0.2) is 0 Å². The second kappa shape index (κ2) is 10.1. The zero-order valence-corrected chi connectivity index (χ0v) is 16.8. The van der Waals surface area contributed by atoms with Crippen LogP contribution in [0.4, 0.5) is 0 Å². The number of esters is 1. The number of benzene rings is 2. The molecule has 0 aliphatic heterocycles. The normalized spacial score (nSPS) is 11.7. The topological polar surface area (TPSA) is 81.4 Å². The highest BCUT2D eigenvalue weighted by Gasteiger charge is 2.23. The monoisotopic (exact) mass is 386 g/mol.